The van der Waals surface area contributed by atoms with E-state index in [0.717, 1.165) is 49.9 Å². The molecule has 8 aliphatic rings. The Hall–Kier alpha value is -1.69. The number of halogens is 1. The van der Waals surface area contributed by atoms with Gasteiger partial charge in [0.05, 0.1) is 24.8 Å². The average Bonchev–Trinajstić information content (AvgIpc) is 3.40. The Balaban J connectivity index is 0.000000154. The Morgan fingerprint density at radius 1 is 0.922 bits per heavy atom. The SMILES string of the molecule is C=C(C)[C@H]1CC[C@@](C)(O)[C@H]([NH+]2CCCC2)C1.C=CCC1(O)Cc2ccccc2C1.CC1=CC[C@@H]2[C@H](C1)C2(C)C.CC1=C[C@@H](O)[C@H]2C[C@@H]1C2(C)C.[Cl-]. The number of likely N-dealkylation sites (tertiary alicyclic amines) is 1. The number of hydrogen-bond donors (Lipinski definition) is 4. The first-order valence-electron chi connectivity index (χ1n) is 20.0. The van der Waals surface area contributed by atoms with Crippen molar-refractivity contribution < 1.29 is 32.6 Å². The van der Waals surface area contributed by atoms with Crippen molar-refractivity contribution in [2.75, 3.05) is 13.1 Å². The molecule has 9 rings (SSSR count). The highest BCUT2D eigenvalue weighted by Gasteiger charge is 2.57. The molecule has 8 atom stereocenters. The van der Waals surface area contributed by atoms with Gasteiger partial charge in [-0.2, -0.15) is 0 Å². The summed E-state index contributed by atoms with van der Waals surface area (Å²) in [6, 6.07) is 8.68. The van der Waals surface area contributed by atoms with E-state index < -0.39 is 11.2 Å². The number of rotatable bonds is 4. The highest BCUT2D eigenvalue weighted by atomic mass is 35.5. The molecule has 3 saturated carbocycles. The molecule has 0 radical (unpaired) electrons. The number of aliphatic hydroxyl groups excluding tert-OH is 1. The van der Waals surface area contributed by atoms with Gasteiger partial charge < -0.3 is 32.6 Å². The Bertz CT molecular complexity index is 1410. The van der Waals surface area contributed by atoms with Gasteiger partial charge in [-0.05, 0) is 118 Å². The van der Waals surface area contributed by atoms with Crippen LogP contribution in [0.25, 0.3) is 0 Å². The highest BCUT2D eigenvalue weighted by Crippen LogP contribution is 2.64. The third-order valence-corrected chi connectivity index (χ3v) is 14.7. The van der Waals surface area contributed by atoms with E-state index in [-0.39, 0.29) is 18.5 Å². The first kappa shape index (κ1) is 42.1. The molecule has 5 heteroatoms. The molecule has 1 aromatic rings. The van der Waals surface area contributed by atoms with Crippen molar-refractivity contribution in [2.45, 2.75) is 149 Å². The fourth-order valence-corrected chi connectivity index (χ4v) is 10.9. The summed E-state index contributed by atoms with van der Waals surface area (Å²) in [5, 5.41) is 30.3. The van der Waals surface area contributed by atoms with E-state index in [2.05, 4.69) is 79.8 Å². The molecule has 7 aliphatic carbocycles. The van der Waals surface area contributed by atoms with E-state index in [4.69, 9.17) is 0 Å². The van der Waals surface area contributed by atoms with Gasteiger partial charge in [0, 0.05) is 32.1 Å². The number of fused-ring (bicyclic) bond motifs is 3. The lowest BCUT2D eigenvalue weighted by molar-refractivity contribution is -0.922. The van der Waals surface area contributed by atoms with Crippen molar-refractivity contribution in [3.63, 3.8) is 0 Å². The number of hydrogen-bond acceptors (Lipinski definition) is 3. The van der Waals surface area contributed by atoms with Crippen LogP contribution in [-0.2, 0) is 12.8 Å². The van der Waals surface area contributed by atoms with Crippen molar-refractivity contribution >= 4 is 0 Å². The minimum atomic E-state index is -0.564. The molecule has 1 saturated heterocycles. The molecule has 1 heterocycles. The van der Waals surface area contributed by atoms with Crippen molar-refractivity contribution in [3.8, 4) is 0 Å². The number of allylic oxidation sites excluding steroid dienone is 4. The normalized spacial score (nSPS) is 35.8. The van der Waals surface area contributed by atoms with Gasteiger partial charge in [-0.15, -0.1) is 6.58 Å². The maximum absolute atomic E-state index is 10.5. The molecular formula is C46H72ClNO3. The molecule has 4 nitrogen and oxygen atoms in total. The van der Waals surface area contributed by atoms with Gasteiger partial charge in [0.15, 0.2) is 0 Å². The lowest BCUT2D eigenvalue weighted by Crippen LogP contribution is -3.16. The molecule has 0 amide bonds. The number of quaternary nitrogens is 1. The minimum Gasteiger partial charge on any atom is -1.00 e. The van der Waals surface area contributed by atoms with Gasteiger partial charge >= 0.3 is 0 Å². The second kappa shape index (κ2) is 16.4. The van der Waals surface area contributed by atoms with Crippen LogP contribution in [0, 0.1) is 40.4 Å². The number of nitrogens with one attached hydrogen (secondary N) is 1. The van der Waals surface area contributed by atoms with Gasteiger partial charge in [0.1, 0.15) is 11.6 Å². The Morgan fingerprint density at radius 3 is 2.00 bits per heavy atom. The predicted octanol–water partition coefficient (Wildman–Crippen LogP) is 5.23. The second-order valence-corrected chi connectivity index (χ2v) is 19.1. The van der Waals surface area contributed by atoms with E-state index >= 15 is 0 Å². The van der Waals surface area contributed by atoms with Gasteiger partial charge in [-0.3, -0.25) is 0 Å². The van der Waals surface area contributed by atoms with Crippen molar-refractivity contribution in [3.05, 3.63) is 83.5 Å². The summed E-state index contributed by atoms with van der Waals surface area (Å²) in [6.07, 6.45) is 18.1. The Morgan fingerprint density at radius 2 is 1.53 bits per heavy atom. The van der Waals surface area contributed by atoms with Gasteiger partial charge in [0.2, 0.25) is 0 Å². The van der Waals surface area contributed by atoms with Gasteiger partial charge in [0.25, 0.3) is 0 Å². The summed E-state index contributed by atoms with van der Waals surface area (Å²) in [4.78, 5) is 1.64. The molecule has 51 heavy (non-hydrogen) atoms. The van der Waals surface area contributed by atoms with Crippen LogP contribution in [0.2, 0.25) is 0 Å². The summed E-state index contributed by atoms with van der Waals surface area (Å²) < 4.78 is 0. The molecule has 0 unspecified atom stereocenters. The Kier molecular flexibility index (Phi) is 13.5. The van der Waals surface area contributed by atoms with Gasteiger partial charge in [-0.25, -0.2) is 0 Å². The number of benzene rings is 1. The largest absolute Gasteiger partial charge is 1.00 e. The molecule has 1 aliphatic heterocycles. The zero-order valence-corrected chi connectivity index (χ0v) is 34.2. The fourth-order valence-electron chi connectivity index (χ4n) is 10.9. The van der Waals surface area contributed by atoms with Crippen LogP contribution in [0.3, 0.4) is 0 Å². The predicted molar refractivity (Wildman–Crippen MR) is 209 cm³/mol. The van der Waals surface area contributed by atoms with Crippen molar-refractivity contribution in [2.24, 2.45) is 40.4 Å². The maximum atomic E-state index is 10.5. The second-order valence-electron chi connectivity index (χ2n) is 19.1. The van der Waals surface area contributed by atoms with Crippen LogP contribution in [0.4, 0.5) is 0 Å². The fraction of sp³-hybridized carbons (Fsp3) is 0.696. The minimum absolute atomic E-state index is 0. The lowest BCUT2D eigenvalue weighted by Gasteiger charge is -2.57. The first-order chi connectivity index (χ1) is 23.4. The van der Waals surface area contributed by atoms with E-state index in [0.29, 0.717) is 35.1 Å². The average molecular weight is 723 g/mol. The quantitative estimate of drug-likeness (QED) is 0.323. The number of aliphatic hydroxyl groups is 3. The molecule has 286 valence electrons. The van der Waals surface area contributed by atoms with Crippen LogP contribution in [0.5, 0.6) is 0 Å². The first-order valence-corrected chi connectivity index (χ1v) is 20.0. The molecule has 4 fully saturated rings. The zero-order valence-electron chi connectivity index (χ0n) is 33.4. The molecule has 0 aromatic heterocycles. The van der Waals surface area contributed by atoms with Crippen LogP contribution >= 0.6 is 0 Å². The van der Waals surface area contributed by atoms with Crippen LogP contribution in [0.15, 0.2) is 72.4 Å². The van der Waals surface area contributed by atoms with E-state index in [9.17, 15) is 15.3 Å². The van der Waals surface area contributed by atoms with E-state index in [1.807, 2.05) is 25.1 Å². The van der Waals surface area contributed by atoms with Crippen molar-refractivity contribution in [1.82, 2.24) is 0 Å². The summed E-state index contributed by atoms with van der Waals surface area (Å²) >= 11 is 0. The molecular weight excluding hydrogens is 650 g/mol. The summed E-state index contributed by atoms with van der Waals surface area (Å²) in [7, 11) is 0. The van der Waals surface area contributed by atoms with E-state index in [1.165, 1.54) is 67.5 Å². The van der Waals surface area contributed by atoms with E-state index in [1.54, 1.807) is 16.5 Å². The Labute approximate surface area is 318 Å². The molecule has 1 aromatic carbocycles. The van der Waals surface area contributed by atoms with Crippen LogP contribution < -0.4 is 17.3 Å². The molecule has 0 spiro atoms. The monoisotopic (exact) mass is 722 g/mol. The molecule has 4 N–H and O–H groups in total. The van der Waals surface area contributed by atoms with Gasteiger partial charge in [-0.1, -0.05) is 93.5 Å². The van der Waals surface area contributed by atoms with Crippen molar-refractivity contribution in [1.29, 1.82) is 0 Å². The molecule has 2 bridgehead atoms. The zero-order chi connectivity index (χ0) is 36.6. The van der Waals surface area contributed by atoms with Crippen LogP contribution in [-0.4, -0.2) is 51.8 Å². The third-order valence-electron chi connectivity index (χ3n) is 14.7. The lowest BCUT2D eigenvalue weighted by atomic mass is 9.48. The smallest absolute Gasteiger partial charge is 0.117 e. The summed E-state index contributed by atoms with van der Waals surface area (Å²) in [5.74, 6) is 3.96. The summed E-state index contributed by atoms with van der Waals surface area (Å²) in [6.45, 7) is 28.2. The standard InChI is InChI=1S/C14H25NO.C12H14O.C10H16O.C10H16.ClH/c1-11(2)12-6-7-14(3,16)13(10-12)15-8-4-5-9-15;1-2-7-12(13)8-10-5-3-4-6-11(10)9-12;1-6-4-9(11)8-5-7(6)10(8,2)3;1-7-4-5-8-9(6-7)10(8,2)3;/h12-13,16H,1,4-10H2,2-3H3;2-6,13H,1,7-9H2;4,7-9,11H,5H2,1-3H3;4,8-9H,5-6H2,1-3H3;1H/t12-,13+,14+;;7-,8+,9+;8-,9+;/m0.01./s1. The third kappa shape index (κ3) is 9.34. The maximum Gasteiger partial charge on any atom is 0.117 e. The summed E-state index contributed by atoms with van der Waals surface area (Å²) in [5.41, 5.74) is 6.90. The highest BCUT2D eigenvalue weighted by molar-refractivity contribution is 5.35. The van der Waals surface area contributed by atoms with Crippen LogP contribution in [0.1, 0.15) is 124 Å². The topological polar surface area (TPSA) is 65.1 Å².